The zero-order chi connectivity index (χ0) is 25.8. The van der Waals surface area contributed by atoms with Gasteiger partial charge in [0.1, 0.15) is 17.3 Å². The number of hydrogen-bond acceptors (Lipinski definition) is 4. The van der Waals surface area contributed by atoms with Crippen molar-refractivity contribution in [3.63, 3.8) is 0 Å². The summed E-state index contributed by atoms with van der Waals surface area (Å²) >= 11 is 6.33. The fourth-order valence-electron chi connectivity index (χ4n) is 4.77. The SMILES string of the molecule is C=C(C)[C@H]1C[C@H](c2cccc(Cl)c2)[C@H](c2ccc(F)cc2)O[C@@H]1c1ccc(OC)cc1OCC(=O)O. The van der Waals surface area contributed by atoms with E-state index in [1.807, 2.05) is 37.3 Å². The van der Waals surface area contributed by atoms with Gasteiger partial charge in [-0.3, -0.25) is 0 Å². The quantitative estimate of drug-likeness (QED) is 0.326. The molecule has 0 saturated carbocycles. The molecule has 1 N–H and O–H groups in total. The van der Waals surface area contributed by atoms with Crippen molar-refractivity contribution in [3.05, 3.63) is 106 Å². The van der Waals surface area contributed by atoms with Gasteiger partial charge in [0, 0.05) is 28.5 Å². The number of rotatable bonds is 8. The highest BCUT2D eigenvalue weighted by Gasteiger charge is 2.41. The first-order chi connectivity index (χ1) is 17.3. The van der Waals surface area contributed by atoms with Gasteiger partial charge in [0.15, 0.2) is 6.61 Å². The minimum atomic E-state index is -1.09. The average molecular weight is 511 g/mol. The Bertz CT molecular complexity index is 1240. The highest BCUT2D eigenvalue weighted by molar-refractivity contribution is 6.30. The summed E-state index contributed by atoms with van der Waals surface area (Å²) in [6.45, 7) is 5.68. The van der Waals surface area contributed by atoms with Crippen LogP contribution in [0.15, 0.2) is 78.9 Å². The third-order valence-electron chi connectivity index (χ3n) is 6.52. The number of carboxylic acid groups (broad SMARTS) is 1. The lowest BCUT2D eigenvalue weighted by Gasteiger charge is -2.43. The van der Waals surface area contributed by atoms with E-state index >= 15 is 0 Å². The van der Waals surface area contributed by atoms with E-state index in [1.165, 1.54) is 19.2 Å². The molecule has 3 aromatic carbocycles. The van der Waals surface area contributed by atoms with E-state index in [9.17, 15) is 14.3 Å². The molecule has 1 saturated heterocycles. The van der Waals surface area contributed by atoms with E-state index in [0.717, 1.165) is 16.7 Å². The molecule has 1 aliphatic heterocycles. The Kier molecular flexibility index (Phi) is 7.97. The maximum atomic E-state index is 13.8. The molecule has 0 aliphatic carbocycles. The summed E-state index contributed by atoms with van der Waals surface area (Å²) in [6, 6.07) is 19.2. The third-order valence-corrected chi connectivity index (χ3v) is 6.75. The van der Waals surface area contributed by atoms with Crippen LogP contribution in [0.3, 0.4) is 0 Å². The number of benzene rings is 3. The van der Waals surface area contributed by atoms with Gasteiger partial charge in [-0.25, -0.2) is 9.18 Å². The minimum absolute atomic E-state index is 0.0752. The van der Waals surface area contributed by atoms with Gasteiger partial charge in [0.2, 0.25) is 0 Å². The number of methoxy groups -OCH3 is 1. The van der Waals surface area contributed by atoms with Crippen LogP contribution in [0.2, 0.25) is 5.02 Å². The molecular weight excluding hydrogens is 483 g/mol. The Balaban J connectivity index is 1.81. The van der Waals surface area contributed by atoms with Crippen LogP contribution in [0.25, 0.3) is 0 Å². The predicted molar refractivity (Wildman–Crippen MR) is 136 cm³/mol. The summed E-state index contributed by atoms with van der Waals surface area (Å²) < 4.78 is 31.6. The molecule has 7 heteroatoms. The van der Waals surface area contributed by atoms with E-state index in [-0.39, 0.29) is 17.7 Å². The lowest BCUT2D eigenvalue weighted by molar-refractivity contribution is -0.139. The van der Waals surface area contributed by atoms with E-state index in [2.05, 4.69) is 6.58 Å². The first-order valence-corrected chi connectivity index (χ1v) is 12.0. The molecule has 1 fully saturated rings. The summed E-state index contributed by atoms with van der Waals surface area (Å²) in [6.07, 6.45) is -0.214. The second kappa shape index (κ2) is 11.1. The number of carboxylic acids is 1. The minimum Gasteiger partial charge on any atom is -0.497 e. The molecular formula is C29H28ClFO5. The Morgan fingerprint density at radius 1 is 1.11 bits per heavy atom. The molecule has 5 nitrogen and oxygen atoms in total. The molecule has 0 amide bonds. The van der Waals surface area contributed by atoms with Crippen LogP contribution in [-0.4, -0.2) is 24.8 Å². The highest BCUT2D eigenvalue weighted by Crippen LogP contribution is 2.53. The molecule has 0 bridgehead atoms. The number of ether oxygens (including phenoxy) is 3. The molecule has 0 radical (unpaired) electrons. The summed E-state index contributed by atoms with van der Waals surface area (Å²) in [5.41, 5.74) is 3.46. The first-order valence-electron chi connectivity index (χ1n) is 11.6. The average Bonchev–Trinajstić information content (AvgIpc) is 2.87. The number of halogens is 2. The lowest BCUT2D eigenvalue weighted by Crippen LogP contribution is -2.32. The van der Waals surface area contributed by atoms with E-state index in [1.54, 1.807) is 24.3 Å². The molecule has 188 valence electrons. The number of carbonyl (C=O) groups is 1. The van der Waals surface area contributed by atoms with Crippen molar-refractivity contribution in [1.82, 2.24) is 0 Å². The van der Waals surface area contributed by atoms with E-state index in [4.69, 9.17) is 25.8 Å². The molecule has 36 heavy (non-hydrogen) atoms. The monoisotopic (exact) mass is 510 g/mol. The molecule has 0 aromatic heterocycles. The van der Waals surface area contributed by atoms with Crippen molar-refractivity contribution < 1.29 is 28.5 Å². The molecule has 1 aliphatic rings. The molecule has 0 unspecified atom stereocenters. The van der Waals surface area contributed by atoms with Crippen molar-refractivity contribution in [1.29, 1.82) is 0 Å². The van der Waals surface area contributed by atoms with Gasteiger partial charge >= 0.3 is 5.97 Å². The highest BCUT2D eigenvalue weighted by atomic mass is 35.5. The largest absolute Gasteiger partial charge is 0.497 e. The van der Waals surface area contributed by atoms with Gasteiger partial charge in [0.05, 0.1) is 19.3 Å². The Morgan fingerprint density at radius 3 is 2.50 bits per heavy atom. The van der Waals surface area contributed by atoms with Crippen LogP contribution in [-0.2, 0) is 9.53 Å². The molecule has 4 atom stereocenters. The number of aliphatic carboxylic acids is 1. The summed E-state index contributed by atoms with van der Waals surface area (Å²) in [5, 5.41) is 9.82. The smallest absolute Gasteiger partial charge is 0.341 e. The second-order valence-electron chi connectivity index (χ2n) is 8.97. The standard InChI is InChI=1S/C29H28ClFO5/c1-17(2)24-15-25(19-5-4-6-20(30)13-19)28(18-7-9-21(31)10-8-18)36-29(24)23-12-11-22(34-3)14-26(23)35-16-27(32)33/h4-14,24-25,28-29H,1,15-16H2,2-3H3,(H,32,33)/t24-,25-,28+,29-/m1/s1. The van der Waals surface area contributed by atoms with Crippen LogP contribution in [0.1, 0.15) is 48.2 Å². The van der Waals surface area contributed by atoms with Gasteiger partial charge in [-0.1, -0.05) is 48.0 Å². The maximum Gasteiger partial charge on any atom is 0.341 e. The van der Waals surface area contributed by atoms with Gasteiger partial charge in [-0.15, -0.1) is 0 Å². The van der Waals surface area contributed by atoms with Crippen molar-refractivity contribution >= 4 is 17.6 Å². The summed E-state index contributed by atoms with van der Waals surface area (Å²) in [5.74, 6) is -0.694. The van der Waals surface area contributed by atoms with Crippen molar-refractivity contribution in [2.45, 2.75) is 31.5 Å². The van der Waals surface area contributed by atoms with Crippen molar-refractivity contribution in [3.8, 4) is 11.5 Å². The Morgan fingerprint density at radius 2 is 1.86 bits per heavy atom. The summed E-state index contributed by atoms with van der Waals surface area (Å²) in [4.78, 5) is 11.2. The second-order valence-corrected chi connectivity index (χ2v) is 9.40. The van der Waals surface area contributed by atoms with Crippen LogP contribution in [0.4, 0.5) is 4.39 Å². The fraction of sp³-hybridized carbons (Fsp3) is 0.276. The topological polar surface area (TPSA) is 65.0 Å². The lowest BCUT2D eigenvalue weighted by atomic mass is 9.74. The van der Waals surface area contributed by atoms with Gasteiger partial charge in [0.25, 0.3) is 0 Å². The first kappa shape index (κ1) is 25.7. The third kappa shape index (κ3) is 5.72. The van der Waals surface area contributed by atoms with Crippen LogP contribution in [0.5, 0.6) is 11.5 Å². The van der Waals surface area contributed by atoms with Crippen molar-refractivity contribution in [2.24, 2.45) is 5.92 Å². The predicted octanol–water partition coefficient (Wildman–Crippen LogP) is 7.13. The van der Waals surface area contributed by atoms with Crippen LogP contribution < -0.4 is 9.47 Å². The molecule has 4 rings (SSSR count). The maximum absolute atomic E-state index is 13.8. The molecule has 1 heterocycles. The zero-order valence-electron chi connectivity index (χ0n) is 20.1. The zero-order valence-corrected chi connectivity index (χ0v) is 20.9. The molecule has 0 spiro atoms. The van der Waals surface area contributed by atoms with Crippen molar-refractivity contribution in [2.75, 3.05) is 13.7 Å². The van der Waals surface area contributed by atoms with E-state index in [0.29, 0.717) is 28.5 Å². The van der Waals surface area contributed by atoms with Gasteiger partial charge in [-0.05, 0) is 60.9 Å². The van der Waals surface area contributed by atoms with E-state index < -0.39 is 24.8 Å². The normalized spacial score (nSPS) is 21.6. The molecule has 3 aromatic rings. The van der Waals surface area contributed by atoms with Crippen LogP contribution >= 0.6 is 11.6 Å². The Hall–Kier alpha value is -3.35. The summed E-state index contributed by atoms with van der Waals surface area (Å²) in [7, 11) is 1.53. The van der Waals surface area contributed by atoms with Gasteiger partial charge < -0.3 is 19.3 Å². The number of hydrogen-bond donors (Lipinski definition) is 1. The van der Waals surface area contributed by atoms with Gasteiger partial charge in [-0.2, -0.15) is 0 Å². The fourth-order valence-corrected chi connectivity index (χ4v) is 4.97. The Labute approximate surface area is 215 Å². The van der Waals surface area contributed by atoms with Crippen LogP contribution in [0, 0.1) is 11.7 Å².